The van der Waals surface area contributed by atoms with Crippen molar-refractivity contribution >= 4 is 21.8 Å². The van der Waals surface area contributed by atoms with Crippen molar-refractivity contribution in [3.8, 4) is 39.9 Å². The maximum absolute atomic E-state index is 6.54. The van der Waals surface area contributed by atoms with Gasteiger partial charge in [-0.05, 0) is 85.7 Å². The molecule has 47 heavy (non-hydrogen) atoms. The van der Waals surface area contributed by atoms with E-state index >= 15 is 0 Å². The van der Waals surface area contributed by atoms with Gasteiger partial charge in [0.1, 0.15) is 23.1 Å². The molecule has 6 nitrogen and oxygen atoms in total. The molecule has 0 amide bonds. The van der Waals surface area contributed by atoms with Gasteiger partial charge in [-0.2, -0.15) is 5.10 Å². The highest BCUT2D eigenvalue weighted by Gasteiger charge is 2.18. The van der Waals surface area contributed by atoms with Crippen LogP contribution in [0.3, 0.4) is 0 Å². The Labute approximate surface area is 276 Å². The first-order valence-electron chi connectivity index (χ1n) is 16.2. The maximum atomic E-state index is 6.54. The van der Waals surface area contributed by atoms with E-state index in [1.807, 2.05) is 41.1 Å². The fourth-order valence-corrected chi connectivity index (χ4v) is 6.41. The molecule has 0 N–H and O–H groups in total. The van der Waals surface area contributed by atoms with Crippen molar-refractivity contribution < 1.29 is 9.47 Å². The van der Waals surface area contributed by atoms with Crippen LogP contribution in [0.4, 0.5) is 0 Å². The summed E-state index contributed by atoms with van der Waals surface area (Å²) in [6.07, 6.45) is 3.94. The van der Waals surface area contributed by atoms with Crippen LogP contribution in [0, 0.1) is 19.3 Å². The Bertz CT molecular complexity index is 2220. The summed E-state index contributed by atoms with van der Waals surface area (Å²) in [7, 11) is 1.68. The monoisotopic (exact) mass is 620 g/mol. The number of ether oxygens (including phenoxy) is 2. The Morgan fingerprint density at radius 2 is 1.53 bits per heavy atom. The smallest absolute Gasteiger partial charge is 0.141 e. The van der Waals surface area contributed by atoms with Gasteiger partial charge in [0.05, 0.1) is 29.5 Å². The normalized spacial score (nSPS) is 11.8. The highest BCUT2D eigenvalue weighted by atomic mass is 16.5. The Balaban J connectivity index is 1.28. The van der Waals surface area contributed by atoms with E-state index in [1.165, 1.54) is 10.9 Å². The second kappa shape index (κ2) is 12.1. The number of methoxy groups -OCH3 is 1. The number of hydrogen-bond donors (Lipinski definition) is 0. The third-order valence-corrected chi connectivity index (χ3v) is 8.80. The summed E-state index contributed by atoms with van der Waals surface area (Å²) in [5, 5.41) is 7.25. The number of benzene rings is 4. The van der Waals surface area contributed by atoms with Gasteiger partial charge in [-0.15, -0.1) is 0 Å². The first-order chi connectivity index (χ1) is 22.7. The molecule has 0 aliphatic carbocycles. The van der Waals surface area contributed by atoms with Gasteiger partial charge in [-0.25, -0.2) is 9.67 Å². The van der Waals surface area contributed by atoms with Crippen LogP contribution in [-0.2, 0) is 6.42 Å². The van der Waals surface area contributed by atoms with Crippen molar-refractivity contribution in [2.45, 2.75) is 47.5 Å². The number of fused-ring (bicyclic) bond motifs is 3. The molecule has 0 spiro atoms. The fourth-order valence-electron chi connectivity index (χ4n) is 6.41. The van der Waals surface area contributed by atoms with E-state index < -0.39 is 0 Å². The minimum absolute atomic E-state index is 0.274. The molecule has 6 heteroatoms. The van der Waals surface area contributed by atoms with Gasteiger partial charge in [-0.1, -0.05) is 63.2 Å². The topological polar surface area (TPSA) is 54.1 Å². The lowest BCUT2D eigenvalue weighted by Crippen LogP contribution is -2.06. The third kappa shape index (κ3) is 5.99. The maximum Gasteiger partial charge on any atom is 0.141 e. The van der Waals surface area contributed by atoms with Crippen LogP contribution in [-0.4, -0.2) is 26.4 Å². The second-order valence-corrected chi connectivity index (χ2v) is 13.4. The minimum atomic E-state index is 0.274. The van der Waals surface area contributed by atoms with E-state index in [2.05, 4.69) is 106 Å². The van der Waals surface area contributed by atoms with Gasteiger partial charge < -0.3 is 9.47 Å². The van der Waals surface area contributed by atoms with Crippen molar-refractivity contribution in [1.82, 2.24) is 19.3 Å². The van der Waals surface area contributed by atoms with Crippen LogP contribution in [0.5, 0.6) is 17.2 Å². The molecule has 0 unspecified atom stereocenters. The lowest BCUT2D eigenvalue weighted by atomic mass is 9.88. The van der Waals surface area contributed by atoms with Crippen LogP contribution < -0.4 is 9.47 Å². The van der Waals surface area contributed by atoms with E-state index in [-0.39, 0.29) is 5.41 Å². The Hall–Kier alpha value is -5.36. The molecule has 7 rings (SSSR count). The molecule has 236 valence electrons. The van der Waals surface area contributed by atoms with Gasteiger partial charge in [0.15, 0.2) is 0 Å². The Morgan fingerprint density at radius 3 is 2.32 bits per heavy atom. The van der Waals surface area contributed by atoms with Crippen molar-refractivity contribution in [3.05, 3.63) is 126 Å². The highest BCUT2D eigenvalue weighted by molar-refractivity contribution is 6.09. The summed E-state index contributed by atoms with van der Waals surface area (Å²) >= 11 is 0. The van der Waals surface area contributed by atoms with Crippen molar-refractivity contribution in [2.24, 2.45) is 5.41 Å². The van der Waals surface area contributed by atoms with Crippen LogP contribution in [0.1, 0.15) is 44.1 Å². The van der Waals surface area contributed by atoms with Gasteiger partial charge in [0.2, 0.25) is 0 Å². The SMILES string of the molecule is COc1ccnc(-n2c3ccc(CCC(C)(C)C)cc3c3ccc(Oc4cccc(-n5nc(C)c(-c6ccccc6)c5C)c4)cc32)c1. The summed E-state index contributed by atoms with van der Waals surface area (Å²) < 4.78 is 16.3. The first-order valence-corrected chi connectivity index (χ1v) is 16.2. The molecule has 0 fully saturated rings. The zero-order valence-electron chi connectivity index (χ0n) is 27.9. The average molecular weight is 621 g/mol. The van der Waals surface area contributed by atoms with E-state index in [0.29, 0.717) is 0 Å². The van der Waals surface area contributed by atoms with E-state index in [1.54, 1.807) is 13.3 Å². The molecule has 7 aromatic rings. The molecule has 3 aromatic heterocycles. The lowest BCUT2D eigenvalue weighted by molar-refractivity contribution is 0.378. The number of hydrogen-bond acceptors (Lipinski definition) is 4. The van der Waals surface area contributed by atoms with Crippen LogP contribution in [0.2, 0.25) is 0 Å². The largest absolute Gasteiger partial charge is 0.497 e. The van der Waals surface area contributed by atoms with Gasteiger partial charge >= 0.3 is 0 Å². The predicted octanol–water partition coefficient (Wildman–Crippen LogP) is 10.4. The van der Waals surface area contributed by atoms with Crippen molar-refractivity contribution in [2.75, 3.05) is 7.11 Å². The summed E-state index contributed by atoms with van der Waals surface area (Å²) in [6, 6.07) is 35.5. The first kappa shape index (κ1) is 30.3. The number of pyridine rings is 1. The highest BCUT2D eigenvalue weighted by Crippen LogP contribution is 2.37. The van der Waals surface area contributed by atoms with Crippen molar-refractivity contribution in [3.63, 3.8) is 0 Å². The molecular weight excluding hydrogens is 580 g/mol. The number of aromatic nitrogens is 4. The molecule has 0 saturated heterocycles. The van der Waals surface area contributed by atoms with Crippen LogP contribution in [0.15, 0.2) is 109 Å². The molecule has 0 aliphatic rings. The lowest BCUT2D eigenvalue weighted by Gasteiger charge is -2.17. The molecule has 0 radical (unpaired) electrons. The summed E-state index contributed by atoms with van der Waals surface area (Å²) in [4.78, 5) is 4.75. The molecule has 3 heterocycles. The van der Waals surface area contributed by atoms with E-state index in [4.69, 9.17) is 19.6 Å². The minimum Gasteiger partial charge on any atom is -0.497 e. The number of aryl methyl sites for hydroxylation is 2. The van der Waals surface area contributed by atoms with E-state index in [0.717, 1.165) is 80.5 Å². The zero-order chi connectivity index (χ0) is 32.7. The molecule has 0 saturated carbocycles. The molecular formula is C41H40N4O2. The average Bonchev–Trinajstić information content (AvgIpc) is 3.56. The van der Waals surface area contributed by atoms with Crippen molar-refractivity contribution in [1.29, 1.82) is 0 Å². The summed E-state index contributed by atoms with van der Waals surface area (Å²) in [5.74, 6) is 3.04. The molecule has 0 aliphatic heterocycles. The van der Waals surface area contributed by atoms with Crippen LogP contribution >= 0.6 is 0 Å². The van der Waals surface area contributed by atoms with Gasteiger partial charge in [0, 0.05) is 46.4 Å². The van der Waals surface area contributed by atoms with Crippen LogP contribution in [0.25, 0.3) is 44.4 Å². The fraction of sp³-hybridized carbons (Fsp3) is 0.220. The van der Waals surface area contributed by atoms with E-state index in [9.17, 15) is 0 Å². The quantitative estimate of drug-likeness (QED) is 0.170. The zero-order valence-corrected chi connectivity index (χ0v) is 27.9. The standard InChI is InChI=1S/C41H40N4O2/c1-27-40(30-11-8-7-9-12-30)28(2)45(43-27)31-13-10-14-33(24-31)47-34-16-17-35-36-23-29(19-21-41(3,4)5)15-18-37(36)44(38(35)25-34)39-26-32(46-6)20-22-42-39/h7-18,20,22-26H,19,21H2,1-6H3. The molecule has 4 aromatic carbocycles. The number of nitrogens with zero attached hydrogens (tertiary/aromatic N) is 4. The Morgan fingerprint density at radius 1 is 0.723 bits per heavy atom. The van der Waals surface area contributed by atoms with Gasteiger partial charge in [-0.3, -0.25) is 4.57 Å². The third-order valence-electron chi connectivity index (χ3n) is 8.80. The Kier molecular flexibility index (Phi) is 7.80. The second-order valence-electron chi connectivity index (χ2n) is 13.4. The predicted molar refractivity (Wildman–Crippen MR) is 191 cm³/mol. The molecule has 0 atom stereocenters. The number of rotatable bonds is 8. The summed E-state index contributed by atoms with van der Waals surface area (Å²) in [6.45, 7) is 11.1. The van der Waals surface area contributed by atoms with Gasteiger partial charge in [0.25, 0.3) is 0 Å². The molecule has 0 bridgehead atoms. The summed E-state index contributed by atoms with van der Waals surface area (Å²) in [5.41, 5.74) is 9.07.